The van der Waals surface area contributed by atoms with Crippen molar-refractivity contribution in [1.82, 2.24) is 14.1 Å². The highest BCUT2D eigenvalue weighted by Gasteiger charge is 2.43. The van der Waals surface area contributed by atoms with E-state index in [0.717, 1.165) is 106 Å². The summed E-state index contributed by atoms with van der Waals surface area (Å²) in [7, 11) is 0. The molecule has 426 valence electrons. The highest BCUT2D eigenvalue weighted by molar-refractivity contribution is 7.00. The van der Waals surface area contributed by atoms with Gasteiger partial charge in [-0.2, -0.15) is 0 Å². The van der Waals surface area contributed by atoms with Gasteiger partial charge in [0.25, 0.3) is 13.0 Å². The Labute approximate surface area is 523 Å². The largest absolute Gasteiger partial charge is 0.458 e. The normalized spacial score (nSPS) is 12.5. The molecule has 0 amide bonds. The summed E-state index contributed by atoms with van der Waals surface area (Å²) < 4.78 is 13.7. The molecular formula is C82H59BN6O. The number of hydrogen-bond donors (Lipinski definition) is 0. The van der Waals surface area contributed by atoms with Crippen molar-refractivity contribution in [2.24, 2.45) is 0 Å². The first kappa shape index (κ1) is 52.8. The Morgan fingerprint density at radius 3 is 1.62 bits per heavy atom. The van der Waals surface area contributed by atoms with Gasteiger partial charge in [-0.25, -0.2) is 4.98 Å². The van der Waals surface area contributed by atoms with Gasteiger partial charge in [-0.15, -0.1) is 0 Å². The second-order valence-electron chi connectivity index (χ2n) is 24.5. The van der Waals surface area contributed by atoms with Crippen LogP contribution in [0.5, 0.6) is 11.5 Å². The molecule has 0 saturated carbocycles. The SMILES string of the molecule is CC(C)(C)c1ccnc(-n2c3ccc(-c4cc5c6c(c4)N(c4ccccc4)c4ccccc4B6c4ccccc4N5c4ccccc4)cc3c3ccc(Oc4cccc(-n5[c-][n+](-c6c(-c7ccccc7)cccc6-c6ccccc6)c6ccccc65)c4)cc32)c1. The second-order valence-corrected chi connectivity index (χ2v) is 24.5. The van der Waals surface area contributed by atoms with Crippen molar-refractivity contribution in [3.8, 4) is 62.1 Å². The first-order chi connectivity index (χ1) is 44.3. The summed E-state index contributed by atoms with van der Waals surface area (Å²) in [6.45, 7) is 6.79. The molecule has 0 atom stereocenters. The van der Waals surface area contributed by atoms with E-state index in [-0.39, 0.29) is 12.1 Å². The van der Waals surface area contributed by atoms with Crippen molar-refractivity contribution in [3.63, 3.8) is 0 Å². The zero-order valence-electron chi connectivity index (χ0n) is 50.0. The van der Waals surface area contributed by atoms with E-state index in [9.17, 15) is 0 Å². The lowest BCUT2D eigenvalue weighted by Crippen LogP contribution is -2.61. The maximum atomic E-state index is 7.02. The van der Waals surface area contributed by atoms with Gasteiger partial charge in [0.15, 0.2) is 0 Å². The fourth-order valence-corrected chi connectivity index (χ4v) is 14.0. The average molecular weight is 1160 g/mol. The van der Waals surface area contributed by atoms with E-state index in [0.29, 0.717) is 11.5 Å². The Morgan fingerprint density at radius 2 is 0.978 bits per heavy atom. The molecule has 0 N–H and O–H groups in total. The monoisotopic (exact) mass is 1150 g/mol. The molecule has 0 aliphatic carbocycles. The Morgan fingerprint density at radius 1 is 0.411 bits per heavy atom. The zero-order valence-corrected chi connectivity index (χ0v) is 50.0. The van der Waals surface area contributed by atoms with Crippen molar-refractivity contribution in [2.45, 2.75) is 26.2 Å². The molecule has 5 heterocycles. The van der Waals surface area contributed by atoms with E-state index in [1.165, 1.54) is 33.3 Å². The molecule has 0 bridgehead atoms. The summed E-state index contributed by atoms with van der Waals surface area (Å²) in [6, 6.07) is 107. The van der Waals surface area contributed by atoms with Gasteiger partial charge in [0.05, 0.1) is 33.4 Å². The standard InChI is InChI=1S/C82H59BN6O/c1-82(2,3)59-46-47-84-79(51-59)89-71-45-42-57(58-49-77-80-78(50-58)88(61-30-14-7-15-31-61)73-39-19-17-37-70(73)83(80)69-36-16-18-38-72(69)87(77)60-28-12-6-13-29-60)48-68(71)67-44-43-64(53-76(67)89)90-63-33-22-32-62(52-63)85-54-86(75-41-21-20-40-74(75)85)81-65(55-24-8-4-9-25-55)34-23-35-66(81)56-26-10-5-11-27-56/h4-53H,1-3H3. The molecule has 0 spiro atoms. The highest BCUT2D eigenvalue weighted by Crippen LogP contribution is 2.47. The second kappa shape index (κ2) is 21.1. The number of anilines is 6. The summed E-state index contributed by atoms with van der Waals surface area (Å²) in [6.07, 6.45) is 5.79. The van der Waals surface area contributed by atoms with E-state index in [1.807, 2.05) is 12.3 Å². The van der Waals surface area contributed by atoms with E-state index in [2.05, 4.69) is 342 Å². The third-order valence-corrected chi connectivity index (χ3v) is 18.1. The van der Waals surface area contributed by atoms with E-state index in [4.69, 9.17) is 9.72 Å². The molecule has 8 heteroatoms. The van der Waals surface area contributed by atoms with Crippen molar-refractivity contribution >= 4 is 90.1 Å². The van der Waals surface area contributed by atoms with Crippen molar-refractivity contribution in [1.29, 1.82) is 0 Å². The lowest BCUT2D eigenvalue weighted by atomic mass is 9.33. The number of fused-ring (bicyclic) bond motifs is 8. The lowest BCUT2D eigenvalue weighted by molar-refractivity contribution is -0.571. The molecule has 7 nitrogen and oxygen atoms in total. The molecule has 0 saturated heterocycles. The van der Waals surface area contributed by atoms with Gasteiger partial charge in [0, 0.05) is 57.2 Å². The van der Waals surface area contributed by atoms with Gasteiger partial charge >= 0.3 is 0 Å². The predicted molar refractivity (Wildman–Crippen MR) is 371 cm³/mol. The van der Waals surface area contributed by atoms with E-state index in [1.54, 1.807) is 0 Å². The lowest BCUT2D eigenvalue weighted by Gasteiger charge is -2.44. The summed E-state index contributed by atoms with van der Waals surface area (Å²) in [5, 5.41) is 2.21. The van der Waals surface area contributed by atoms with Gasteiger partial charge < -0.3 is 14.5 Å². The summed E-state index contributed by atoms with van der Waals surface area (Å²) >= 11 is 0. The number of hydrogen-bond acceptors (Lipinski definition) is 4. The maximum absolute atomic E-state index is 7.02. The minimum Gasteiger partial charge on any atom is -0.458 e. The van der Waals surface area contributed by atoms with Gasteiger partial charge in [-0.1, -0.05) is 209 Å². The summed E-state index contributed by atoms with van der Waals surface area (Å²) in [5.41, 5.74) is 24.7. The van der Waals surface area contributed by atoms with Crippen LogP contribution in [-0.4, -0.2) is 20.8 Å². The van der Waals surface area contributed by atoms with Crippen molar-refractivity contribution in [3.05, 3.63) is 315 Å². The molecule has 15 aromatic rings. The quantitative estimate of drug-likeness (QED) is 0.0777. The Bertz CT molecular complexity index is 5120. The zero-order chi connectivity index (χ0) is 60.0. The number of nitrogens with zero attached hydrogens (tertiary/aromatic N) is 6. The van der Waals surface area contributed by atoms with Gasteiger partial charge in [-0.3, -0.25) is 13.7 Å². The van der Waals surface area contributed by atoms with Crippen LogP contribution in [0.1, 0.15) is 26.3 Å². The third kappa shape index (κ3) is 8.74. The number of aromatic nitrogens is 4. The Kier molecular flexibility index (Phi) is 12.4. The average Bonchev–Trinajstić information content (AvgIpc) is 0.846. The fourth-order valence-electron chi connectivity index (χ4n) is 14.0. The smallest absolute Gasteiger partial charge is 0.269 e. The molecule has 2 aliphatic rings. The molecule has 17 rings (SSSR count). The summed E-state index contributed by atoms with van der Waals surface area (Å²) in [5.74, 6) is 2.26. The van der Waals surface area contributed by atoms with Gasteiger partial charge in [0.1, 0.15) is 17.3 Å². The minimum absolute atomic E-state index is 0.0214. The summed E-state index contributed by atoms with van der Waals surface area (Å²) in [4.78, 5) is 10.1. The molecule has 2 aliphatic heterocycles. The number of ether oxygens (including phenoxy) is 1. The molecule has 0 fully saturated rings. The van der Waals surface area contributed by atoms with Gasteiger partial charge in [0.2, 0.25) is 0 Å². The van der Waals surface area contributed by atoms with Crippen molar-refractivity contribution in [2.75, 3.05) is 9.80 Å². The van der Waals surface area contributed by atoms with Crippen LogP contribution >= 0.6 is 0 Å². The van der Waals surface area contributed by atoms with Gasteiger partial charge in [-0.05, 0) is 164 Å². The van der Waals surface area contributed by atoms with Crippen molar-refractivity contribution < 1.29 is 9.30 Å². The van der Waals surface area contributed by atoms with Crippen LogP contribution in [0.15, 0.2) is 303 Å². The Hall–Kier alpha value is -11.5. The number of benzene rings is 12. The molecular weight excluding hydrogens is 1100 g/mol. The molecule has 3 aromatic heterocycles. The molecule has 90 heavy (non-hydrogen) atoms. The van der Waals surface area contributed by atoms with Crippen LogP contribution in [0, 0.1) is 6.33 Å². The predicted octanol–water partition coefficient (Wildman–Crippen LogP) is 18.4. The molecule has 0 unspecified atom stereocenters. The van der Waals surface area contributed by atoms with Crippen LogP contribution in [0.3, 0.4) is 0 Å². The van der Waals surface area contributed by atoms with Crippen LogP contribution in [0.25, 0.3) is 83.4 Å². The van der Waals surface area contributed by atoms with Crippen LogP contribution in [0.2, 0.25) is 0 Å². The first-order valence-electron chi connectivity index (χ1n) is 30.9. The fraction of sp³-hybridized carbons (Fsp3) is 0.0488. The highest BCUT2D eigenvalue weighted by atomic mass is 16.5. The maximum Gasteiger partial charge on any atom is 0.269 e. The number of imidazole rings is 1. The number of rotatable bonds is 10. The van der Waals surface area contributed by atoms with E-state index >= 15 is 0 Å². The Balaban J connectivity index is 0.813. The minimum atomic E-state index is -0.103. The van der Waals surface area contributed by atoms with Crippen LogP contribution < -0.4 is 35.5 Å². The number of para-hydroxylation sites is 7. The topological polar surface area (TPSA) is 42.3 Å². The number of pyridine rings is 1. The van der Waals surface area contributed by atoms with Crippen LogP contribution in [0.4, 0.5) is 34.1 Å². The van der Waals surface area contributed by atoms with Crippen LogP contribution in [-0.2, 0) is 5.41 Å². The molecule has 0 radical (unpaired) electrons. The first-order valence-corrected chi connectivity index (χ1v) is 30.9. The van der Waals surface area contributed by atoms with E-state index < -0.39 is 0 Å². The molecule has 12 aromatic carbocycles. The third-order valence-electron chi connectivity index (χ3n) is 18.1.